The summed E-state index contributed by atoms with van der Waals surface area (Å²) in [5, 5.41) is 2.43. The number of nitrogens with one attached hydrogen (secondary N) is 1. The summed E-state index contributed by atoms with van der Waals surface area (Å²) in [5.41, 5.74) is -7.75. The molecule has 0 unspecified atom stereocenters. The fourth-order valence-electron chi connectivity index (χ4n) is 5.02. The molecule has 0 saturated carbocycles. The van der Waals surface area contributed by atoms with E-state index in [9.17, 15) is 48.7 Å². The van der Waals surface area contributed by atoms with Crippen molar-refractivity contribution in [2.75, 3.05) is 0 Å². The van der Waals surface area contributed by atoms with Crippen LogP contribution in [0.25, 0.3) is 0 Å². The van der Waals surface area contributed by atoms with Crippen LogP contribution in [-0.4, -0.2) is 12.0 Å². The lowest BCUT2D eigenvalue weighted by Crippen LogP contribution is -2.49. The maximum Gasteiger partial charge on any atom is 0.416 e. The molecule has 0 spiro atoms. The number of ether oxygens (including phenoxy) is 1. The molecule has 0 bridgehead atoms. The van der Waals surface area contributed by atoms with E-state index in [0.29, 0.717) is 36.8 Å². The Kier molecular flexibility index (Phi) is 9.71. The lowest BCUT2D eigenvalue weighted by Gasteiger charge is -2.37. The van der Waals surface area contributed by atoms with E-state index >= 15 is 0 Å². The number of halogens is 10. The highest BCUT2D eigenvalue weighted by Crippen LogP contribution is 2.41. The van der Waals surface area contributed by atoms with Crippen molar-refractivity contribution in [3.63, 3.8) is 0 Å². The van der Waals surface area contributed by atoms with Gasteiger partial charge in [0, 0.05) is 24.5 Å². The highest BCUT2D eigenvalue weighted by molar-refractivity contribution is 5.95. The minimum Gasteiger partial charge on any atom is -0.488 e. The van der Waals surface area contributed by atoms with Crippen molar-refractivity contribution in [2.24, 2.45) is 0 Å². The van der Waals surface area contributed by atoms with Gasteiger partial charge in [0.25, 0.3) is 11.8 Å². The third-order valence-corrected chi connectivity index (χ3v) is 7.17. The van der Waals surface area contributed by atoms with Gasteiger partial charge in [-0.25, -0.2) is 17.6 Å². The zero-order valence-corrected chi connectivity index (χ0v) is 25.0. The van der Waals surface area contributed by atoms with Gasteiger partial charge in [0.15, 0.2) is 11.6 Å². The molecule has 250 valence electrons. The molecule has 0 heterocycles. The molecule has 0 radical (unpaired) electrons. The van der Waals surface area contributed by atoms with Gasteiger partial charge < -0.3 is 10.1 Å². The van der Waals surface area contributed by atoms with Gasteiger partial charge in [-0.3, -0.25) is 4.79 Å². The highest BCUT2D eigenvalue weighted by Gasteiger charge is 2.42. The molecule has 4 rings (SSSR count). The maximum absolute atomic E-state index is 15.0. The van der Waals surface area contributed by atoms with Crippen LogP contribution in [0, 0.1) is 11.6 Å². The molecule has 0 aliphatic heterocycles. The molecule has 13 heteroatoms. The maximum atomic E-state index is 15.0. The van der Waals surface area contributed by atoms with Crippen LogP contribution in [0.4, 0.5) is 43.9 Å². The zero-order chi connectivity index (χ0) is 34.9. The number of amides is 1. The molecule has 4 aromatic carbocycles. The van der Waals surface area contributed by atoms with Crippen LogP contribution >= 0.6 is 0 Å². The van der Waals surface area contributed by atoms with E-state index in [1.807, 2.05) is 0 Å². The van der Waals surface area contributed by atoms with Crippen LogP contribution < -0.4 is 10.1 Å². The van der Waals surface area contributed by atoms with Crippen LogP contribution in [0.3, 0.4) is 0 Å². The Labute approximate surface area is 263 Å². The topological polar surface area (TPSA) is 38.3 Å². The Bertz CT molecular complexity index is 1710. The van der Waals surface area contributed by atoms with Crippen molar-refractivity contribution in [3.05, 3.63) is 136 Å². The first kappa shape index (κ1) is 35.3. The van der Waals surface area contributed by atoms with Crippen molar-refractivity contribution >= 4 is 5.91 Å². The molecule has 3 nitrogen and oxygen atoms in total. The fourth-order valence-corrected chi connectivity index (χ4v) is 5.02. The SMILES string of the molecule is CC(C)Oc1cc([C@@](Cc2ccccc2)(NC(=O)c2cc(C(C)(F)F)cc(C(F)(F)F)c2)c2cc(F)cc(C(F)(F)F)c2)ccc1F. The fraction of sp³-hybridized carbons (Fsp3) is 0.265. The van der Waals surface area contributed by atoms with Gasteiger partial charge in [-0.2, -0.15) is 26.3 Å². The molecule has 4 aromatic rings. The smallest absolute Gasteiger partial charge is 0.416 e. The second-order valence-corrected chi connectivity index (χ2v) is 11.2. The zero-order valence-electron chi connectivity index (χ0n) is 25.0. The third-order valence-electron chi connectivity index (χ3n) is 7.17. The Morgan fingerprint density at radius 3 is 1.83 bits per heavy atom. The van der Waals surface area contributed by atoms with Crippen LogP contribution in [-0.2, 0) is 30.2 Å². The van der Waals surface area contributed by atoms with E-state index < -0.39 is 87.4 Å². The lowest BCUT2D eigenvalue weighted by molar-refractivity contribution is -0.138. The van der Waals surface area contributed by atoms with Crippen molar-refractivity contribution in [3.8, 4) is 5.75 Å². The average Bonchev–Trinajstić information content (AvgIpc) is 2.96. The number of alkyl halides is 8. The summed E-state index contributed by atoms with van der Waals surface area (Å²) in [6, 6.07) is 13.2. The van der Waals surface area contributed by atoms with Crippen LogP contribution in [0.5, 0.6) is 5.75 Å². The molecular weight excluding hydrogens is 644 g/mol. The summed E-state index contributed by atoms with van der Waals surface area (Å²) < 4.78 is 147. The van der Waals surface area contributed by atoms with E-state index in [2.05, 4.69) is 5.32 Å². The molecule has 0 aliphatic rings. The number of hydrogen-bond acceptors (Lipinski definition) is 2. The molecule has 47 heavy (non-hydrogen) atoms. The predicted molar refractivity (Wildman–Crippen MR) is 153 cm³/mol. The Balaban J connectivity index is 2.07. The lowest BCUT2D eigenvalue weighted by atomic mass is 9.77. The van der Waals surface area contributed by atoms with Gasteiger partial charge in [0.05, 0.1) is 22.8 Å². The number of hydrogen-bond donors (Lipinski definition) is 1. The summed E-state index contributed by atoms with van der Waals surface area (Å²) in [6.07, 6.45) is -11.3. The summed E-state index contributed by atoms with van der Waals surface area (Å²) in [5.74, 6) is -7.93. The molecule has 1 N–H and O–H groups in total. The van der Waals surface area contributed by atoms with E-state index in [1.165, 1.54) is 12.1 Å². The van der Waals surface area contributed by atoms with Gasteiger partial charge in [-0.1, -0.05) is 36.4 Å². The standard InChI is InChI=1S/C34H27F10NO2/c1-19(2)47-29-17-22(9-10-28(29)36)32(18-20-7-5-4-6-8-20,24-14-26(34(42,43)44)16-27(35)15-24)45-30(46)21-11-23(31(3,37)38)13-25(12-21)33(39,40)41/h4-17,19H,18H2,1-3H3,(H,45,46)/t32-/m1/s1. The Hall–Kier alpha value is -4.55. The van der Waals surface area contributed by atoms with E-state index in [1.54, 1.807) is 32.0 Å². The predicted octanol–water partition coefficient (Wildman–Crippen LogP) is 9.82. The minimum absolute atomic E-state index is 0.154. The Morgan fingerprint density at radius 2 is 1.26 bits per heavy atom. The van der Waals surface area contributed by atoms with Crippen molar-refractivity contribution in [1.29, 1.82) is 0 Å². The summed E-state index contributed by atoms with van der Waals surface area (Å²) in [6.45, 7) is 3.44. The van der Waals surface area contributed by atoms with Gasteiger partial charge in [0.2, 0.25) is 0 Å². The van der Waals surface area contributed by atoms with E-state index in [4.69, 9.17) is 4.74 Å². The molecular formula is C34H27F10NO2. The number of carbonyl (C=O) groups excluding carboxylic acids is 1. The number of carbonyl (C=O) groups is 1. The van der Waals surface area contributed by atoms with Gasteiger partial charge in [-0.15, -0.1) is 0 Å². The minimum atomic E-state index is -5.17. The first-order valence-electron chi connectivity index (χ1n) is 14.0. The van der Waals surface area contributed by atoms with Crippen molar-refractivity contribution < 1.29 is 53.4 Å². The molecule has 1 amide bonds. The highest BCUT2D eigenvalue weighted by atomic mass is 19.4. The molecule has 0 aromatic heterocycles. The van der Waals surface area contributed by atoms with Crippen LogP contribution in [0.1, 0.15) is 64.5 Å². The van der Waals surface area contributed by atoms with Gasteiger partial charge in [0.1, 0.15) is 5.82 Å². The van der Waals surface area contributed by atoms with Crippen LogP contribution in [0.15, 0.2) is 84.9 Å². The molecule has 0 saturated heterocycles. The number of rotatable bonds is 9. The quantitative estimate of drug-likeness (QED) is 0.180. The second kappa shape index (κ2) is 12.9. The average molecular weight is 672 g/mol. The van der Waals surface area contributed by atoms with E-state index in [-0.39, 0.29) is 17.7 Å². The van der Waals surface area contributed by atoms with Crippen LogP contribution in [0.2, 0.25) is 0 Å². The van der Waals surface area contributed by atoms with E-state index in [0.717, 1.165) is 18.2 Å². The first-order valence-corrected chi connectivity index (χ1v) is 14.0. The monoisotopic (exact) mass is 671 g/mol. The summed E-state index contributed by atoms with van der Waals surface area (Å²) >= 11 is 0. The van der Waals surface area contributed by atoms with Crippen molar-refractivity contribution in [1.82, 2.24) is 5.32 Å². The van der Waals surface area contributed by atoms with Gasteiger partial charge >= 0.3 is 12.4 Å². The molecule has 1 atom stereocenters. The third kappa shape index (κ3) is 8.25. The molecule has 0 fully saturated rings. The largest absolute Gasteiger partial charge is 0.488 e. The molecule has 0 aliphatic carbocycles. The summed E-state index contributed by atoms with van der Waals surface area (Å²) in [7, 11) is 0. The first-order chi connectivity index (χ1) is 21.7. The number of benzene rings is 4. The van der Waals surface area contributed by atoms with Gasteiger partial charge in [-0.05, 0) is 79.1 Å². The van der Waals surface area contributed by atoms with Crippen molar-refractivity contribution in [2.45, 2.75) is 57.1 Å². The second-order valence-electron chi connectivity index (χ2n) is 11.2. The normalized spacial score (nSPS) is 13.7. The Morgan fingerprint density at radius 1 is 0.702 bits per heavy atom. The summed E-state index contributed by atoms with van der Waals surface area (Å²) in [4.78, 5) is 13.9.